The molecule has 216 valence electrons. The quantitative estimate of drug-likeness (QED) is 0.192. The molecule has 11 nitrogen and oxygen atoms in total. The van der Waals surface area contributed by atoms with E-state index < -0.39 is 36.0 Å². The first-order chi connectivity index (χ1) is 19.6. The third kappa shape index (κ3) is 9.07. The fourth-order valence-electron chi connectivity index (χ4n) is 4.17. The van der Waals surface area contributed by atoms with E-state index in [-0.39, 0.29) is 25.2 Å². The number of nitrogens with two attached hydrogens (primary N) is 2. The SMILES string of the molecule is CCOC(=O)CC(N)c1cccc(NC(=O)OCCc2ccc(C(Nc3cccc(C(N)=O)c3)C(=O)O)cc2C)c1. The number of benzene rings is 3. The molecule has 41 heavy (non-hydrogen) atoms. The normalized spacial score (nSPS) is 12.1. The van der Waals surface area contributed by atoms with Gasteiger partial charge in [0.2, 0.25) is 5.91 Å². The summed E-state index contributed by atoms with van der Waals surface area (Å²) >= 11 is 0. The summed E-state index contributed by atoms with van der Waals surface area (Å²) in [5.74, 6) is -2.10. The number of hydrogen-bond acceptors (Lipinski definition) is 8. The molecular weight excluding hydrogens is 528 g/mol. The zero-order chi connectivity index (χ0) is 29.9. The summed E-state index contributed by atoms with van der Waals surface area (Å²) in [6.07, 6.45) is -0.217. The molecule has 0 aliphatic rings. The maximum Gasteiger partial charge on any atom is 0.411 e. The Morgan fingerprint density at radius 1 is 0.927 bits per heavy atom. The highest BCUT2D eigenvalue weighted by molar-refractivity contribution is 5.94. The van der Waals surface area contributed by atoms with Crippen molar-refractivity contribution >= 4 is 35.3 Å². The van der Waals surface area contributed by atoms with Gasteiger partial charge in [0, 0.05) is 29.4 Å². The molecule has 2 atom stereocenters. The van der Waals surface area contributed by atoms with Crippen LogP contribution in [0.15, 0.2) is 66.7 Å². The standard InChI is InChI=1S/C30H34N4O7/c1-3-40-26(35)17-25(31)20-6-4-9-24(15-20)34-30(39)41-13-12-19-10-11-21(14-18(19)2)27(29(37)38)33-23-8-5-7-22(16-23)28(32)36/h4-11,14-16,25,27,33H,3,12-13,17,31H2,1-2H3,(H2,32,36)(H,34,39)(H,37,38). The van der Waals surface area contributed by atoms with Gasteiger partial charge in [0.15, 0.2) is 6.04 Å². The summed E-state index contributed by atoms with van der Waals surface area (Å²) in [6, 6.07) is 16.7. The van der Waals surface area contributed by atoms with Crippen LogP contribution in [0.3, 0.4) is 0 Å². The molecule has 2 unspecified atom stereocenters. The molecule has 0 bridgehead atoms. The predicted octanol–water partition coefficient (Wildman–Crippen LogP) is 4.08. The molecule has 0 aliphatic carbocycles. The summed E-state index contributed by atoms with van der Waals surface area (Å²) in [5.41, 5.74) is 15.5. The van der Waals surface area contributed by atoms with Crippen LogP contribution in [0.25, 0.3) is 0 Å². The second kappa shape index (κ2) is 14.5. The fraction of sp³-hybridized carbons (Fsp3) is 0.267. The number of esters is 1. The van der Waals surface area contributed by atoms with Crippen molar-refractivity contribution < 1.29 is 33.8 Å². The van der Waals surface area contributed by atoms with E-state index >= 15 is 0 Å². The van der Waals surface area contributed by atoms with E-state index in [0.29, 0.717) is 28.9 Å². The highest BCUT2D eigenvalue weighted by Gasteiger charge is 2.21. The highest BCUT2D eigenvalue weighted by atomic mass is 16.5. The maximum atomic E-state index is 12.3. The van der Waals surface area contributed by atoms with Gasteiger partial charge in [0.25, 0.3) is 0 Å². The largest absolute Gasteiger partial charge is 0.479 e. The van der Waals surface area contributed by atoms with Crippen LogP contribution in [0.5, 0.6) is 0 Å². The molecule has 7 N–H and O–H groups in total. The first-order valence-corrected chi connectivity index (χ1v) is 13.0. The number of amides is 2. The third-order valence-corrected chi connectivity index (χ3v) is 6.26. The zero-order valence-corrected chi connectivity index (χ0v) is 22.9. The Morgan fingerprint density at radius 3 is 2.34 bits per heavy atom. The Bertz CT molecular complexity index is 1410. The van der Waals surface area contributed by atoms with Gasteiger partial charge in [-0.1, -0.05) is 36.4 Å². The maximum absolute atomic E-state index is 12.3. The second-order valence-electron chi connectivity index (χ2n) is 9.30. The monoisotopic (exact) mass is 562 g/mol. The van der Waals surface area contributed by atoms with E-state index in [9.17, 15) is 24.3 Å². The smallest absolute Gasteiger partial charge is 0.411 e. The van der Waals surface area contributed by atoms with E-state index in [0.717, 1.165) is 11.1 Å². The number of carboxylic acid groups (broad SMARTS) is 1. The van der Waals surface area contributed by atoms with E-state index in [2.05, 4.69) is 10.6 Å². The Hall–Kier alpha value is -4.90. The summed E-state index contributed by atoms with van der Waals surface area (Å²) in [6.45, 7) is 3.93. The molecule has 3 rings (SSSR count). The van der Waals surface area contributed by atoms with Gasteiger partial charge in [-0.3, -0.25) is 14.9 Å². The zero-order valence-electron chi connectivity index (χ0n) is 22.9. The Kier molecular flexibility index (Phi) is 10.8. The van der Waals surface area contributed by atoms with Gasteiger partial charge in [0.05, 0.1) is 19.6 Å². The minimum atomic E-state index is -1.09. The average Bonchev–Trinajstić information content (AvgIpc) is 2.93. The summed E-state index contributed by atoms with van der Waals surface area (Å²) in [7, 11) is 0. The number of rotatable bonds is 13. The lowest BCUT2D eigenvalue weighted by Gasteiger charge is -2.18. The van der Waals surface area contributed by atoms with Crippen LogP contribution in [0, 0.1) is 6.92 Å². The van der Waals surface area contributed by atoms with Gasteiger partial charge in [0.1, 0.15) is 0 Å². The van der Waals surface area contributed by atoms with Crippen molar-refractivity contribution in [1.82, 2.24) is 0 Å². The van der Waals surface area contributed by atoms with Crippen molar-refractivity contribution in [3.8, 4) is 0 Å². The highest BCUT2D eigenvalue weighted by Crippen LogP contribution is 2.24. The number of anilines is 2. The lowest BCUT2D eigenvalue weighted by molar-refractivity contribution is -0.143. The molecule has 2 amide bonds. The molecular formula is C30H34N4O7. The number of carboxylic acids is 1. The first kappa shape index (κ1) is 30.6. The van der Waals surface area contributed by atoms with Crippen LogP contribution >= 0.6 is 0 Å². The predicted molar refractivity (Wildman–Crippen MR) is 153 cm³/mol. The van der Waals surface area contributed by atoms with Crippen molar-refractivity contribution in [3.05, 3.63) is 94.5 Å². The van der Waals surface area contributed by atoms with Crippen molar-refractivity contribution in [1.29, 1.82) is 0 Å². The molecule has 0 saturated carbocycles. The number of carbonyl (C=O) groups excluding carboxylic acids is 3. The first-order valence-electron chi connectivity index (χ1n) is 13.0. The molecule has 0 spiro atoms. The van der Waals surface area contributed by atoms with Crippen molar-refractivity contribution in [3.63, 3.8) is 0 Å². The van der Waals surface area contributed by atoms with Crippen molar-refractivity contribution in [2.75, 3.05) is 23.8 Å². The number of carbonyl (C=O) groups is 4. The number of ether oxygens (including phenoxy) is 2. The molecule has 0 radical (unpaired) electrons. The number of hydrogen-bond donors (Lipinski definition) is 5. The number of aryl methyl sites for hydroxylation is 1. The lowest BCUT2D eigenvalue weighted by atomic mass is 9.98. The van der Waals surface area contributed by atoms with Crippen LogP contribution < -0.4 is 22.1 Å². The van der Waals surface area contributed by atoms with Crippen LogP contribution in [-0.4, -0.2) is 42.3 Å². The summed E-state index contributed by atoms with van der Waals surface area (Å²) in [5, 5.41) is 15.4. The van der Waals surface area contributed by atoms with Crippen LogP contribution in [0.2, 0.25) is 0 Å². The van der Waals surface area contributed by atoms with Gasteiger partial charge in [-0.25, -0.2) is 9.59 Å². The van der Waals surface area contributed by atoms with Crippen LogP contribution in [0.4, 0.5) is 16.2 Å². The Balaban J connectivity index is 1.56. The summed E-state index contributed by atoms with van der Waals surface area (Å²) < 4.78 is 10.3. The number of aliphatic carboxylic acids is 1. The molecule has 0 heterocycles. The topological polar surface area (TPSA) is 183 Å². The van der Waals surface area contributed by atoms with Gasteiger partial charge in [-0.05, 0) is 66.4 Å². The average molecular weight is 563 g/mol. The molecule has 3 aromatic carbocycles. The minimum absolute atomic E-state index is 0.0195. The van der Waals surface area contributed by atoms with Gasteiger partial charge in [-0.15, -0.1) is 0 Å². The lowest BCUT2D eigenvalue weighted by Crippen LogP contribution is -2.21. The molecule has 0 aromatic heterocycles. The van der Waals surface area contributed by atoms with E-state index in [1.807, 2.05) is 6.92 Å². The Labute approximate surface area is 237 Å². The molecule has 0 saturated heterocycles. The third-order valence-electron chi connectivity index (χ3n) is 6.26. The minimum Gasteiger partial charge on any atom is -0.479 e. The van der Waals surface area contributed by atoms with Crippen molar-refractivity contribution in [2.45, 2.75) is 38.8 Å². The van der Waals surface area contributed by atoms with E-state index in [4.69, 9.17) is 20.9 Å². The van der Waals surface area contributed by atoms with Crippen LogP contribution in [-0.2, 0) is 25.5 Å². The molecule has 0 aliphatic heterocycles. The fourth-order valence-corrected chi connectivity index (χ4v) is 4.17. The summed E-state index contributed by atoms with van der Waals surface area (Å²) in [4.78, 5) is 47.5. The van der Waals surface area contributed by atoms with E-state index in [1.165, 1.54) is 6.07 Å². The second-order valence-corrected chi connectivity index (χ2v) is 9.30. The molecule has 0 fully saturated rings. The van der Waals surface area contributed by atoms with Crippen molar-refractivity contribution in [2.24, 2.45) is 11.5 Å². The van der Waals surface area contributed by atoms with Gasteiger partial charge < -0.3 is 31.4 Å². The number of primary amides is 1. The van der Waals surface area contributed by atoms with Gasteiger partial charge in [-0.2, -0.15) is 0 Å². The molecule has 3 aromatic rings. The molecule has 11 heteroatoms. The van der Waals surface area contributed by atoms with E-state index in [1.54, 1.807) is 67.6 Å². The van der Waals surface area contributed by atoms with Crippen LogP contribution in [0.1, 0.15) is 58.0 Å². The van der Waals surface area contributed by atoms with Gasteiger partial charge >= 0.3 is 18.0 Å². The number of nitrogens with one attached hydrogen (secondary N) is 2. The Morgan fingerprint density at radius 2 is 1.66 bits per heavy atom.